The highest BCUT2D eigenvalue weighted by atomic mass is 35.5. The van der Waals surface area contributed by atoms with Gasteiger partial charge in [0.05, 0.1) is 16.2 Å². The average molecular weight is 377 g/mol. The van der Waals surface area contributed by atoms with Crippen LogP contribution in [-0.4, -0.2) is 39.1 Å². The number of rotatable bonds is 5. The van der Waals surface area contributed by atoms with E-state index in [4.69, 9.17) is 11.6 Å². The fraction of sp³-hybridized carbons (Fsp3) is 0.235. The predicted octanol–water partition coefficient (Wildman–Crippen LogP) is 2.96. The summed E-state index contributed by atoms with van der Waals surface area (Å²) in [4.78, 5) is 16.2. The lowest BCUT2D eigenvalue weighted by atomic mass is 10.2. The summed E-state index contributed by atoms with van der Waals surface area (Å²) < 4.78 is 13.3. The van der Waals surface area contributed by atoms with Gasteiger partial charge in [-0.3, -0.25) is 10.7 Å². The molecule has 136 valence electrons. The number of fused-ring (bicyclic) bond motifs is 1. The van der Waals surface area contributed by atoms with Crippen LogP contribution in [0.3, 0.4) is 0 Å². The van der Waals surface area contributed by atoms with Gasteiger partial charge in [0.25, 0.3) is 0 Å². The number of hydrogen-bond donors (Lipinski definition) is 4. The highest BCUT2D eigenvalue weighted by Crippen LogP contribution is 2.23. The molecule has 0 saturated heterocycles. The fourth-order valence-corrected chi connectivity index (χ4v) is 2.65. The van der Waals surface area contributed by atoms with Crippen LogP contribution in [0.5, 0.6) is 0 Å². The van der Waals surface area contributed by atoms with Gasteiger partial charge in [-0.1, -0.05) is 11.6 Å². The summed E-state index contributed by atoms with van der Waals surface area (Å²) in [6, 6.07) is 5.98. The molecule has 0 aliphatic heterocycles. The summed E-state index contributed by atoms with van der Waals surface area (Å²) >= 11 is 5.79. The number of aliphatic imine (C=N–C) groups is 1. The van der Waals surface area contributed by atoms with Crippen molar-refractivity contribution >= 4 is 34.3 Å². The Kier molecular flexibility index (Phi) is 5.46. The van der Waals surface area contributed by atoms with Crippen molar-refractivity contribution in [1.82, 2.24) is 25.7 Å². The minimum Gasteiger partial charge on any atom is -0.340 e. The first-order valence-corrected chi connectivity index (χ1v) is 8.34. The smallest absolute Gasteiger partial charge is 0.178 e. The van der Waals surface area contributed by atoms with Crippen LogP contribution in [0.1, 0.15) is 18.3 Å². The molecular formula is C17H18ClFN6O. The highest BCUT2D eigenvalue weighted by molar-refractivity contribution is 6.31. The molecule has 1 aromatic carbocycles. The number of imidazole rings is 1. The van der Waals surface area contributed by atoms with Gasteiger partial charge in [-0.15, -0.1) is 0 Å². The van der Waals surface area contributed by atoms with Crippen molar-refractivity contribution in [3.63, 3.8) is 0 Å². The Bertz CT molecular complexity index is 958. The molecule has 1 atom stereocenters. The van der Waals surface area contributed by atoms with Crippen LogP contribution in [-0.2, 0) is 6.42 Å². The number of nitrogens with zero attached hydrogens (tertiary/aromatic N) is 3. The number of H-pyrrole nitrogens is 1. The van der Waals surface area contributed by atoms with E-state index in [9.17, 15) is 9.60 Å². The molecule has 0 aliphatic rings. The molecule has 0 saturated carbocycles. The number of amidine groups is 1. The van der Waals surface area contributed by atoms with E-state index in [-0.39, 0.29) is 16.9 Å². The van der Waals surface area contributed by atoms with Gasteiger partial charge in [-0.2, -0.15) is 0 Å². The lowest BCUT2D eigenvalue weighted by Crippen LogP contribution is -2.24. The van der Waals surface area contributed by atoms with Crippen molar-refractivity contribution in [2.24, 2.45) is 4.99 Å². The number of halogens is 2. The Balaban J connectivity index is 2.03. The maximum Gasteiger partial charge on any atom is 0.178 e. The number of pyridine rings is 1. The molecule has 0 amide bonds. The van der Waals surface area contributed by atoms with E-state index in [1.54, 1.807) is 12.3 Å². The molecule has 9 heteroatoms. The molecular weight excluding hydrogens is 359 g/mol. The second-order valence-electron chi connectivity index (χ2n) is 5.81. The fourth-order valence-electron chi connectivity index (χ4n) is 2.47. The third-order valence-corrected chi connectivity index (χ3v) is 4.23. The van der Waals surface area contributed by atoms with Crippen molar-refractivity contribution in [2.75, 3.05) is 7.05 Å². The SMILES string of the molecule is CNC(C)Cc1nc2nccc(C(=Nc3ccc(F)c(Cl)c3)NO)c2[nH]1. The van der Waals surface area contributed by atoms with Crippen LogP contribution < -0.4 is 10.8 Å². The molecule has 0 spiro atoms. The van der Waals surface area contributed by atoms with Crippen molar-refractivity contribution < 1.29 is 9.60 Å². The zero-order valence-corrected chi connectivity index (χ0v) is 15.0. The number of likely N-dealkylation sites (N-methyl/N-ethyl adjacent to an activating group) is 1. The Morgan fingerprint density at radius 1 is 1.42 bits per heavy atom. The topological polar surface area (TPSA) is 98.2 Å². The lowest BCUT2D eigenvalue weighted by molar-refractivity contribution is 0.235. The van der Waals surface area contributed by atoms with Crippen molar-refractivity contribution in [2.45, 2.75) is 19.4 Å². The van der Waals surface area contributed by atoms with E-state index in [1.807, 2.05) is 14.0 Å². The molecule has 3 rings (SSSR count). The third-order valence-electron chi connectivity index (χ3n) is 3.94. The normalized spacial score (nSPS) is 13.2. The van der Waals surface area contributed by atoms with Gasteiger partial charge >= 0.3 is 0 Å². The molecule has 2 heterocycles. The van der Waals surface area contributed by atoms with Crippen LogP contribution in [0.2, 0.25) is 5.02 Å². The largest absolute Gasteiger partial charge is 0.340 e. The van der Waals surface area contributed by atoms with Gasteiger partial charge in [0.1, 0.15) is 11.6 Å². The number of hydroxylamine groups is 1. The van der Waals surface area contributed by atoms with Gasteiger partial charge in [-0.25, -0.2) is 19.4 Å². The first-order valence-electron chi connectivity index (χ1n) is 7.97. The zero-order chi connectivity index (χ0) is 18.7. The van der Waals surface area contributed by atoms with Gasteiger partial charge in [0, 0.05) is 24.2 Å². The summed E-state index contributed by atoms with van der Waals surface area (Å²) in [6.45, 7) is 2.04. The molecule has 0 fully saturated rings. The Labute approximate surface area is 154 Å². The van der Waals surface area contributed by atoms with E-state index < -0.39 is 5.82 Å². The Morgan fingerprint density at radius 3 is 2.92 bits per heavy atom. The van der Waals surface area contributed by atoms with E-state index in [2.05, 4.69) is 30.7 Å². The van der Waals surface area contributed by atoms with Crippen molar-refractivity contribution in [1.29, 1.82) is 0 Å². The summed E-state index contributed by atoms with van der Waals surface area (Å²) in [5.74, 6) is 0.396. The average Bonchev–Trinajstić information content (AvgIpc) is 3.05. The van der Waals surface area contributed by atoms with Crippen molar-refractivity contribution in [3.8, 4) is 0 Å². The molecule has 4 N–H and O–H groups in total. The molecule has 26 heavy (non-hydrogen) atoms. The number of aromatic nitrogens is 3. The van der Waals surface area contributed by atoms with E-state index >= 15 is 0 Å². The van der Waals surface area contributed by atoms with Crippen LogP contribution in [0, 0.1) is 5.82 Å². The molecule has 1 unspecified atom stereocenters. The Hall–Kier alpha value is -2.55. The van der Waals surface area contributed by atoms with Gasteiger partial charge in [0.15, 0.2) is 11.5 Å². The minimum absolute atomic E-state index is 0.0479. The summed E-state index contributed by atoms with van der Waals surface area (Å²) in [7, 11) is 1.88. The van der Waals surface area contributed by atoms with Gasteiger partial charge in [-0.05, 0) is 38.2 Å². The number of nitrogens with one attached hydrogen (secondary N) is 3. The van der Waals surface area contributed by atoms with Crippen LogP contribution in [0.15, 0.2) is 35.5 Å². The highest BCUT2D eigenvalue weighted by Gasteiger charge is 2.14. The molecule has 0 aliphatic carbocycles. The predicted molar refractivity (Wildman–Crippen MR) is 98.6 cm³/mol. The monoisotopic (exact) mass is 376 g/mol. The first kappa shape index (κ1) is 18.2. The summed E-state index contributed by atoms with van der Waals surface area (Å²) in [5, 5.41) is 12.7. The van der Waals surface area contributed by atoms with Crippen LogP contribution in [0.4, 0.5) is 10.1 Å². The maximum atomic E-state index is 13.3. The molecule has 0 bridgehead atoms. The van der Waals surface area contributed by atoms with Gasteiger partial charge < -0.3 is 10.3 Å². The second kappa shape index (κ2) is 7.77. The minimum atomic E-state index is -0.535. The van der Waals surface area contributed by atoms with E-state index in [1.165, 1.54) is 18.2 Å². The second-order valence-corrected chi connectivity index (χ2v) is 6.21. The zero-order valence-electron chi connectivity index (χ0n) is 14.2. The standard InChI is InChI=1S/C17H18ClFN6O/c1-9(20-2)7-14-23-15-11(5-6-21-17(15)24-14)16(25-26)22-10-3-4-13(19)12(18)8-10/h3-6,8-9,20,26H,7H2,1-2H3,(H,22,25)(H,21,23,24). The molecule has 0 radical (unpaired) electrons. The summed E-state index contributed by atoms with van der Waals surface area (Å²) in [6.07, 6.45) is 2.27. The van der Waals surface area contributed by atoms with Crippen LogP contribution in [0.25, 0.3) is 11.2 Å². The quantitative estimate of drug-likeness (QED) is 0.312. The molecule has 7 nitrogen and oxygen atoms in total. The van der Waals surface area contributed by atoms with E-state index in [0.717, 1.165) is 5.82 Å². The van der Waals surface area contributed by atoms with E-state index in [0.29, 0.717) is 28.8 Å². The number of aromatic amines is 1. The van der Waals surface area contributed by atoms with Crippen LogP contribution >= 0.6 is 11.6 Å². The maximum absolute atomic E-state index is 13.3. The van der Waals surface area contributed by atoms with Gasteiger partial charge in [0.2, 0.25) is 0 Å². The first-order chi connectivity index (χ1) is 12.5. The number of benzene rings is 1. The third kappa shape index (κ3) is 3.82. The lowest BCUT2D eigenvalue weighted by Gasteiger charge is -2.07. The molecule has 3 aromatic rings. The van der Waals surface area contributed by atoms with Crippen molar-refractivity contribution in [3.05, 3.63) is 52.7 Å². The number of hydrogen-bond acceptors (Lipinski definition) is 5. The Morgan fingerprint density at radius 2 is 2.23 bits per heavy atom. The summed E-state index contributed by atoms with van der Waals surface area (Å²) in [5.41, 5.74) is 4.20. The molecule has 2 aromatic heterocycles.